The number of hydrogen-bond donors (Lipinski definition) is 1. The van der Waals surface area contributed by atoms with Gasteiger partial charge >= 0.3 is 6.18 Å². The molecule has 0 amide bonds. The van der Waals surface area contributed by atoms with Crippen molar-refractivity contribution >= 4 is 34.7 Å². The van der Waals surface area contributed by atoms with Gasteiger partial charge in [0.1, 0.15) is 0 Å². The third-order valence-electron chi connectivity index (χ3n) is 4.68. The number of fused-ring (bicyclic) bond motifs is 2. The van der Waals surface area contributed by atoms with Gasteiger partial charge in [0.2, 0.25) is 0 Å². The largest absolute Gasteiger partial charge is 0.417 e. The van der Waals surface area contributed by atoms with Gasteiger partial charge in [0.25, 0.3) is 0 Å². The van der Waals surface area contributed by atoms with E-state index in [0.717, 1.165) is 32.8 Å². The van der Waals surface area contributed by atoms with E-state index >= 15 is 0 Å². The molecule has 27 heavy (non-hydrogen) atoms. The second-order valence-electron chi connectivity index (χ2n) is 6.44. The van der Waals surface area contributed by atoms with Gasteiger partial charge in [-0.1, -0.05) is 54.6 Å². The van der Waals surface area contributed by atoms with Crippen molar-refractivity contribution in [3.05, 3.63) is 82.4 Å². The molecule has 0 aromatic heterocycles. The topological polar surface area (TPSA) is 12.0 Å². The van der Waals surface area contributed by atoms with Crippen molar-refractivity contribution in [3.63, 3.8) is 0 Å². The Morgan fingerprint density at radius 2 is 1.56 bits per heavy atom. The van der Waals surface area contributed by atoms with Crippen molar-refractivity contribution in [2.75, 3.05) is 5.32 Å². The lowest BCUT2D eigenvalue weighted by atomic mass is 9.91. The third-order valence-corrected chi connectivity index (χ3v) is 6.16. The van der Waals surface area contributed by atoms with Crippen LogP contribution in [0.4, 0.5) is 24.5 Å². The average molecular weight is 406 g/mol. The maximum absolute atomic E-state index is 13.2. The normalized spacial score (nSPS) is 14.1. The summed E-state index contributed by atoms with van der Waals surface area (Å²) in [7, 11) is 0. The molecule has 1 heterocycles. The van der Waals surface area contributed by atoms with Gasteiger partial charge in [-0.25, -0.2) is 0 Å². The molecule has 3 aromatic rings. The van der Waals surface area contributed by atoms with Crippen LogP contribution in [0, 0.1) is 0 Å². The van der Waals surface area contributed by atoms with Gasteiger partial charge < -0.3 is 5.32 Å². The van der Waals surface area contributed by atoms with Crippen LogP contribution in [-0.4, -0.2) is 0 Å². The highest BCUT2D eigenvalue weighted by atomic mass is 35.5. The van der Waals surface area contributed by atoms with Crippen LogP contribution in [-0.2, 0) is 6.18 Å². The van der Waals surface area contributed by atoms with Crippen LogP contribution in [0.2, 0.25) is 5.02 Å². The van der Waals surface area contributed by atoms with Gasteiger partial charge in [-0.2, -0.15) is 13.2 Å². The molecule has 1 aliphatic heterocycles. The Bertz CT molecular complexity index is 1020. The van der Waals surface area contributed by atoms with Crippen molar-refractivity contribution in [2.24, 2.45) is 0 Å². The van der Waals surface area contributed by atoms with Crippen LogP contribution in [0.5, 0.6) is 0 Å². The Hall–Kier alpha value is -2.11. The monoisotopic (exact) mass is 405 g/mol. The molecule has 0 radical (unpaired) electrons. The Morgan fingerprint density at radius 3 is 2.33 bits per heavy atom. The van der Waals surface area contributed by atoms with E-state index in [1.54, 1.807) is 17.8 Å². The minimum Gasteiger partial charge on any atom is -0.354 e. The van der Waals surface area contributed by atoms with E-state index in [0.29, 0.717) is 5.56 Å². The summed E-state index contributed by atoms with van der Waals surface area (Å²) >= 11 is 7.42. The van der Waals surface area contributed by atoms with E-state index in [4.69, 9.17) is 11.6 Å². The lowest BCUT2D eigenvalue weighted by Crippen LogP contribution is -2.08. The molecular weight excluding hydrogens is 391 g/mol. The second kappa shape index (κ2) is 6.80. The van der Waals surface area contributed by atoms with Gasteiger partial charge in [-0.05, 0) is 47.5 Å². The predicted molar refractivity (Wildman–Crippen MR) is 104 cm³/mol. The zero-order chi connectivity index (χ0) is 19.2. The van der Waals surface area contributed by atoms with Crippen LogP contribution in [0.15, 0.2) is 70.5 Å². The van der Waals surface area contributed by atoms with Gasteiger partial charge in [0, 0.05) is 15.7 Å². The quantitative estimate of drug-likeness (QED) is 0.366. The predicted octanol–water partition coefficient (Wildman–Crippen LogP) is 7.72. The fourth-order valence-corrected chi connectivity index (χ4v) is 4.34. The SMILES string of the molecule is CC(c1ccc2c(c1)Nc1ccccc1S2)c1ccc(Cl)c(C(F)(F)F)c1. The molecule has 4 rings (SSSR count). The molecule has 1 unspecified atom stereocenters. The smallest absolute Gasteiger partial charge is 0.354 e. The van der Waals surface area contributed by atoms with Crippen molar-refractivity contribution in [1.82, 2.24) is 0 Å². The molecule has 0 saturated heterocycles. The van der Waals surface area contributed by atoms with Crippen LogP contribution in [0.1, 0.15) is 29.5 Å². The number of nitrogens with one attached hydrogen (secondary N) is 1. The van der Waals surface area contributed by atoms with Gasteiger partial charge in [-0.15, -0.1) is 0 Å². The van der Waals surface area contributed by atoms with Crippen LogP contribution < -0.4 is 5.32 Å². The standard InChI is InChI=1S/C21H15ClF3NS/c1-12(13-6-8-16(22)15(10-13)21(23,24)25)14-7-9-20-18(11-14)26-17-4-2-3-5-19(17)27-20/h2-12,26H,1H3. The maximum atomic E-state index is 13.2. The maximum Gasteiger partial charge on any atom is 0.417 e. The third kappa shape index (κ3) is 3.54. The van der Waals surface area contributed by atoms with E-state index in [-0.39, 0.29) is 10.9 Å². The molecule has 1 atom stereocenters. The minimum absolute atomic E-state index is 0.197. The number of hydrogen-bond acceptors (Lipinski definition) is 2. The molecule has 0 spiro atoms. The second-order valence-corrected chi connectivity index (χ2v) is 7.93. The van der Waals surface area contributed by atoms with Crippen molar-refractivity contribution in [2.45, 2.75) is 28.8 Å². The van der Waals surface area contributed by atoms with E-state index in [1.807, 2.05) is 43.3 Å². The van der Waals surface area contributed by atoms with Crippen molar-refractivity contribution < 1.29 is 13.2 Å². The fraction of sp³-hybridized carbons (Fsp3) is 0.143. The van der Waals surface area contributed by atoms with E-state index in [9.17, 15) is 13.2 Å². The Labute approximate surface area is 164 Å². The average Bonchev–Trinajstić information content (AvgIpc) is 2.64. The summed E-state index contributed by atoms with van der Waals surface area (Å²) in [5.74, 6) is -0.197. The number of alkyl halides is 3. The summed E-state index contributed by atoms with van der Waals surface area (Å²) < 4.78 is 39.5. The first-order valence-corrected chi connectivity index (χ1v) is 9.57. The number of benzene rings is 3. The summed E-state index contributed by atoms with van der Waals surface area (Å²) in [5, 5.41) is 3.13. The highest BCUT2D eigenvalue weighted by Crippen LogP contribution is 2.45. The van der Waals surface area contributed by atoms with Gasteiger partial charge in [-0.3, -0.25) is 0 Å². The highest BCUT2D eigenvalue weighted by Gasteiger charge is 2.33. The Kier molecular flexibility index (Phi) is 4.60. The Morgan fingerprint density at radius 1 is 0.889 bits per heavy atom. The lowest BCUT2D eigenvalue weighted by Gasteiger charge is -2.23. The van der Waals surface area contributed by atoms with Crippen molar-refractivity contribution in [3.8, 4) is 0 Å². The van der Waals surface area contributed by atoms with Crippen LogP contribution >= 0.6 is 23.4 Å². The molecule has 138 valence electrons. The summed E-state index contributed by atoms with van der Waals surface area (Å²) in [4.78, 5) is 2.25. The van der Waals surface area contributed by atoms with E-state index in [2.05, 4.69) is 11.4 Å². The number of halogens is 4. The molecule has 6 heteroatoms. The highest BCUT2D eigenvalue weighted by molar-refractivity contribution is 7.99. The Balaban J connectivity index is 1.67. The minimum atomic E-state index is -4.47. The molecule has 1 N–H and O–H groups in total. The molecule has 0 saturated carbocycles. The van der Waals surface area contributed by atoms with E-state index < -0.39 is 11.7 Å². The first kappa shape index (κ1) is 18.3. The first-order valence-electron chi connectivity index (χ1n) is 8.37. The first-order chi connectivity index (χ1) is 12.8. The summed E-state index contributed by atoms with van der Waals surface area (Å²) in [5.41, 5.74) is 2.72. The summed E-state index contributed by atoms with van der Waals surface area (Å²) in [6, 6.07) is 18.1. The lowest BCUT2D eigenvalue weighted by molar-refractivity contribution is -0.137. The number of rotatable bonds is 2. The molecule has 0 aliphatic carbocycles. The zero-order valence-corrected chi connectivity index (χ0v) is 15.8. The number of para-hydroxylation sites is 1. The van der Waals surface area contributed by atoms with Crippen molar-refractivity contribution in [1.29, 1.82) is 0 Å². The molecule has 3 aromatic carbocycles. The molecule has 0 bridgehead atoms. The van der Waals surface area contributed by atoms with Gasteiger partial charge in [0.05, 0.1) is 22.0 Å². The van der Waals surface area contributed by atoms with Crippen LogP contribution in [0.25, 0.3) is 0 Å². The van der Waals surface area contributed by atoms with Crippen LogP contribution in [0.3, 0.4) is 0 Å². The fourth-order valence-electron chi connectivity index (χ4n) is 3.15. The molecular formula is C21H15ClF3NS. The summed E-state index contributed by atoms with van der Waals surface area (Å²) in [6.45, 7) is 1.90. The number of anilines is 2. The molecule has 1 aliphatic rings. The summed E-state index contributed by atoms with van der Waals surface area (Å²) in [6.07, 6.45) is -4.47. The molecule has 1 nitrogen and oxygen atoms in total. The zero-order valence-electron chi connectivity index (χ0n) is 14.3. The van der Waals surface area contributed by atoms with Gasteiger partial charge in [0.15, 0.2) is 0 Å². The molecule has 0 fully saturated rings. The van der Waals surface area contributed by atoms with E-state index in [1.165, 1.54) is 6.07 Å².